The number of carbonyl (C=O) groups excluding carboxylic acids is 2. The lowest BCUT2D eigenvalue weighted by Crippen LogP contribution is -2.14. The number of fused-ring (bicyclic) bond motifs is 3. The summed E-state index contributed by atoms with van der Waals surface area (Å²) in [6.45, 7) is 0. The van der Waals surface area contributed by atoms with Crippen molar-refractivity contribution in [3.8, 4) is 0 Å². The molecule has 4 rings (SSSR count). The summed E-state index contributed by atoms with van der Waals surface area (Å²) >= 11 is 0. The Labute approximate surface area is 120 Å². The van der Waals surface area contributed by atoms with Gasteiger partial charge in [-0.1, -0.05) is 12.1 Å². The van der Waals surface area contributed by atoms with Crippen molar-refractivity contribution in [3.63, 3.8) is 0 Å². The van der Waals surface area contributed by atoms with Crippen LogP contribution >= 0.6 is 0 Å². The Morgan fingerprint density at radius 3 is 2.86 bits per heavy atom. The topological polar surface area (TPSA) is 74.8 Å². The van der Waals surface area contributed by atoms with Crippen LogP contribution in [0.5, 0.6) is 0 Å². The Balaban J connectivity index is 1.79. The number of H-pyrrole nitrogens is 1. The van der Waals surface area contributed by atoms with E-state index in [0.717, 1.165) is 40.9 Å². The van der Waals surface area contributed by atoms with E-state index >= 15 is 0 Å². The predicted molar refractivity (Wildman–Crippen MR) is 80.3 cm³/mol. The van der Waals surface area contributed by atoms with Gasteiger partial charge in [-0.3, -0.25) is 9.59 Å². The number of carbonyl (C=O) groups is 2. The van der Waals surface area contributed by atoms with Crippen molar-refractivity contribution < 1.29 is 9.59 Å². The molecule has 1 saturated carbocycles. The van der Waals surface area contributed by atoms with E-state index in [1.165, 1.54) is 0 Å². The average Bonchev–Trinajstić information content (AvgIpc) is 3.29. The van der Waals surface area contributed by atoms with Crippen LogP contribution in [-0.2, 0) is 4.79 Å². The van der Waals surface area contributed by atoms with Crippen molar-refractivity contribution in [1.29, 1.82) is 0 Å². The Kier molecular flexibility index (Phi) is 2.54. The van der Waals surface area contributed by atoms with Gasteiger partial charge in [0, 0.05) is 27.8 Å². The standard InChI is InChI=1S/C16H13N3O2/c20-8-9-1-4-11-12-6-15(19-16(21)10-2-3-10)17-7-14(12)18-13(11)5-9/h1,4-8,10,18H,2-3H2,(H,17,19,21). The van der Waals surface area contributed by atoms with Crippen LogP contribution in [0.15, 0.2) is 30.5 Å². The van der Waals surface area contributed by atoms with E-state index in [0.29, 0.717) is 11.4 Å². The lowest BCUT2D eigenvalue weighted by Gasteiger charge is -2.02. The zero-order chi connectivity index (χ0) is 14.4. The van der Waals surface area contributed by atoms with Crippen LogP contribution in [-0.4, -0.2) is 22.2 Å². The van der Waals surface area contributed by atoms with Gasteiger partial charge in [0.15, 0.2) is 0 Å². The molecule has 1 aliphatic carbocycles. The van der Waals surface area contributed by atoms with Crippen LogP contribution in [0.2, 0.25) is 0 Å². The molecule has 5 heteroatoms. The lowest BCUT2D eigenvalue weighted by atomic mass is 10.1. The van der Waals surface area contributed by atoms with Crippen molar-refractivity contribution in [1.82, 2.24) is 9.97 Å². The zero-order valence-corrected chi connectivity index (χ0v) is 11.2. The quantitative estimate of drug-likeness (QED) is 0.724. The van der Waals surface area contributed by atoms with E-state index < -0.39 is 0 Å². The van der Waals surface area contributed by atoms with Crippen LogP contribution < -0.4 is 5.32 Å². The maximum absolute atomic E-state index is 11.8. The van der Waals surface area contributed by atoms with Gasteiger partial charge in [0.05, 0.1) is 11.7 Å². The molecule has 1 aliphatic rings. The van der Waals surface area contributed by atoms with E-state index in [9.17, 15) is 9.59 Å². The predicted octanol–water partition coefficient (Wildman–Crippen LogP) is 2.88. The monoisotopic (exact) mass is 279 g/mol. The number of hydrogen-bond donors (Lipinski definition) is 2. The molecule has 1 amide bonds. The van der Waals surface area contributed by atoms with Gasteiger partial charge >= 0.3 is 0 Å². The molecule has 3 aromatic rings. The number of hydrogen-bond acceptors (Lipinski definition) is 3. The zero-order valence-electron chi connectivity index (χ0n) is 11.2. The van der Waals surface area contributed by atoms with Crippen molar-refractivity contribution in [2.75, 3.05) is 5.32 Å². The largest absolute Gasteiger partial charge is 0.353 e. The summed E-state index contributed by atoms with van der Waals surface area (Å²) in [4.78, 5) is 30.1. The van der Waals surface area contributed by atoms with Crippen LogP contribution in [0.25, 0.3) is 21.8 Å². The Morgan fingerprint density at radius 2 is 2.10 bits per heavy atom. The normalized spacial score (nSPS) is 14.5. The second kappa shape index (κ2) is 4.41. The minimum atomic E-state index is 0.0462. The summed E-state index contributed by atoms with van der Waals surface area (Å²) in [6, 6.07) is 7.37. The number of anilines is 1. The first-order chi connectivity index (χ1) is 10.2. The molecule has 1 aromatic carbocycles. The van der Waals surface area contributed by atoms with Crippen LogP contribution in [0.3, 0.4) is 0 Å². The lowest BCUT2D eigenvalue weighted by molar-refractivity contribution is -0.117. The summed E-state index contributed by atoms with van der Waals surface area (Å²) in [5, 5.41) is 4.86. The Bertz CT molecular complexity index is 878. The fourth-order valence-electron chi connectivity index (χ4n) is 2.54. The second-order valence-electron chi connectivity index (χ2n) is 5.43. The van der Waals surface area contributed by atoms with Crippen LogP contribution in [0, 0.1) is 5.92 Å². The number of pyridine rings is 1. The third kappa shape index (κ3) is 2.07. The highest BCUT2D eigenvalue weighted by atomic mass is 16.2. The number of amides is 1. The van der Waals surface area contributed by atoms with E-state index in [1.54, 1.807) is 12.3 Å². The minimum Gasteiger partial charge on any atom is -0.353 e. The fraction of sp³-hybridized carbons (Fsp3) is 0.188. The van der Waals surface area contributed by atoms with Crippen LogP contribution in [0.1, 0.15) is 23.2 Å². The molecular formula is C16H13N3O2. The molecule has 0 atom stereocenters. The van der Waals surface area contributed by atoms with Gasteiger partial charge < -0.3 is 10.3 Å². The highest BCUT2D eigenvalue weighted by Crippen LogP contribution is 2.31. The number of benzene rings is 1. The van der Waals surface area contributed by atoms with Crippen molar-refractivity contribution >= 4 is 39.8 Å². The molecular weight excluding hydrogens is 266 g/mol. The first-order valence-electron chi connectivity index (χ1n) is 6.92. The number of nitrogens with one attached hydrogen (secondary N) is 2. The molecule has 2 heterocycles. The minimum absolute atomic E-state index is 0.0462. The second-order valence-corrected chi connectivity index (χ2v) is 5.43. The number of nitrogens with zero attached hydrogens (tertiary/aromatic N) is 1. The molecule has 0 radical (unpaired) electrons. The third-order valence-corrected chi connectivity index (χ3v) is 3.84. The van der Waals surface area contributed by atoms with Gasteiger partial charge in [0.25, 0.3) is 0 Å². The fourth-order valence-corrected chi connectivity index (χ4v) is 2.54. The summed E-state index contributed by atoms with van der Waals surface area (Å²) in [7, 11) is 0. The van der Waals surface area contributed by atoms with Gasteiger partial charge in [-0.2, -0.15) is 0 Å². The number of aromatic amines is 1. The smallest absolute Gasteiger partial charge is 0.228 e. The summed E-state index contributed by atoms with van der Waals surface area (Å²) in [5.74, 6) is 0.769. The average molecular weight is 279 g/mol. The molecule has 5 nitrogen and oxygen atoms in total. The third-order valence-electron chi connectivity index (χ3n) is 3.84. The van der Waals surface area contributed by atoms with Gasteiger partial charge in [-0.25, -0.2) is 4.98 Å². The van der Waals surface area contributed by atoms with E-state index in [1.807, 2.05) is 18.2 Å². The van der Waals surface area contributed by atoms with Gasteiger partial charge in [-0.15, -0.1) is 0 Å². The maximum atomic E-state index is 11.8. The van der Waals surface area contributed by atoms with Crippen molar-refractivity contribution in [3.05, 3.63) is 36.0 Å². The van der Waals surface area contributed by atoms with Crippen molar-refractivity contribution in [2.45, 2.75) is 12.8 Å². The molecule has 0 spiro atoms. The summed E-state index contributed by atoms with van der Waals surface area (Å²) in [5.41, 5.74) is 2.41. The molecule has 21 heavy (non-hydrogen) atoms. The summed E-state index contributed by atoms with van der Waals surface area (Å²) in [6.07, 6.45) is 4.47. The summed E-state index contributed by atoms with van der Waals surface area (Å²) < 4.78 is 0. The Morgan fingerprint density at radius 1 is 1.24 bits per heavy atom. The van der Waals surface area contributed by atoms with Gasteiger partial charge in [-0.05, 0) is 25.0 Å². The molecule has 104 valence electrons. The first-order valence-corrected chi connectivity index (χ1v) is 6.92. The number of aldehydes is 1. The molecule has 0 unspecified atom stereocenters. The first kappa shape index (κ1) is 12.1. The SMILES string of the molecule is O=Cc1ccc2c(c1)[nH]c1cnc(NC(=O)C3CC3)cc12. The molecule has 2 N–H and O–H groups in total. The molecule has 0 bridgehead atoms. The van der Waals surface area contributed by atoms with Gasteiger partial charge in [0.2, 0.25) is 5.91 Å². The Hall–Kier alpha value is -2.69. The maximum Gasteiger partial charge on any atom is 0.228 e. The molecule has 0 aliphatic heterocycles. The van der Waals surface area contributed by atoms with E-state index in [4.69, 9.17) is 0 Å². The van der Waals surface area contributed by atoms with Crippen LogP contribution in [0.4, 0.5) is 5.82 Å². The van der Waals surface area contributed by atoms with Gasteiger partial charge in [0.1, 0.15) is 12.1 Å². The highest BCUT2D eigenvalue weighted by Gasteiger charge is 2.29. The highest BCUT2D eigenvalue weighted by molar-refractivity contribution is 6.09. The number of aromatic nitrogens is 2. The van der Waals surface area contributed by atoms with E-state index in [-0.39, 0.29) is 11.8 Å². The molecule has 0 saturated heterocycles. The van der Waals surface area contributed by atoms with E-state index in [2.05, 4.69) is 15.3 Å². The molecule has 2 aromatic heterocycles. The molecule has 1 fully saturated rings. The van der Waals surface area contributed by atoms with Crippen molar-refractivity contribution in [2.24, 2.45) is 5.92 Å². The number of rotatable bonds is 3.